The lowest BCUT2D eigenvalue weighted by atomic mass is 9.77. The summed E-state index contributed by atoms with van der Waals surface area (Å²) < 4.78 is 33.6. The number of nitrogens with zero attached hydrogens (tertiary/aromatic N) is 3. The van der Waals surface area contributed by atoms with Crippen molar-refractivity contribution in [3.63, 3.8) is 0 Å². The first-order valence-corrected chi connectivity index (χ1v) is 31.2. The average Bonchev–Trinajstić information content (AvgIpc) is 1.48. The highest BCUT2D eigenvalue weighted by atomic mass is 19.1. The molecule has 0 saturated carbocycles. The Bertz CT molecular complexity index is 3680. The Hall–Kier alpha value is -8.91. The van der Waals surface area contributed by atoms with Crippen LogP contribution in [-0.2, 0) is 93.8 Å². The fourth-order valence-corrected chi connectivity index (χ4v) is 12.4. The molecule has 5 aliphatic rings. The fourth-order valence-electron chi connectivity index (χ4n) is 12.4. The number of fused-ring (bicyclic) bond motifs is 5. The first-order chi connectivity index (χ1) is 45.0. The number of esters is 1. The minimum atomic E-state index is -2.04. The molecule has 9 atom stereocenters. The fraction of sp³-hybridized carbons (Fsp3) is 0.500. The van der Waals surface area contributed by atoms with E-state index in [1.165, 1.54) is 10.6 Å². The Kier molecular flexibility index (Phi) is 22.8. The number of unbranched alkanes of at least 4 members (excludes halogenated alkanes) is 2. The summed E-state index contributed by atoms with van der Waals surface area (Å²) in [5.74, 6) is -7.55. The summed E-state index contributed by atoms with van der Waals surface area (Å²) in [5.41, 5.74) is 2.69. The van der Waals surface area contributed by atoms with Crippen LogP contribution in [-0.4, -0.2) is 194 Å². The third-order valence-electron chi connectivity index (χ3n) is 17.7. The van der Waals surface area contributed by atoms with Gasteiger partial charge in [0, 0.05) is 73.7 Å². The van der Waals surface area contributed by atoms with Crippen LogP contribution in [0.5, 0.6) is 0 Å². The largest absolute Gasteiger partial charge is 0.458 e. The number of carbonyl (C=O) groups is 10. The maximum Gasteiger partial charge on any atom is 0.343 e. The molecule has 0 radical (unpaired) electrons. The van der Waals surface area contributed by atoms with Gasteiger partial charge in [0.25, 0.3) is 17.4 Å². The van der Waals surface area contributed by atoms with Crippen LogP contribution in [0.4, 0.5) is 4.39 Å². The summed E-state index contributed by atoms with van der Waals surface area (Å²) in [6, 6.07) is 8.97. The van der Waals surface area contributed by atoms with Gasteiger partial charge in [-0.3, -0.25) is 52.8 Å². The van der Waals surface area contributed by atoms with Crippen molar-refractivity contribution in [1.29, 1.82) is 0 Å². The van der Waals surface area contributed by atoms with Gasteiger partial charge in [-0.15, -0.1) is 0 Å². The number of aliphatic hydroxyl groups is 5. The number of hydrogen-bond donors (Lipinski definition) is 12. The predicted octanol–water partition coefficient (Wildman–Crippen LogP) is -2.18. The molecule has 2 aromatic carbocycles. The highest BCUT2D eigenvalue weighted by Crippen LogP contribution is 2.47. The monoisotopic (exact) mass is 1310 g/mol. The van der Waals surface area contributed by atoms with E-state index in [-0.39, 0.29) is 82.3 Å². The van der Waals surface area contributed by atoms with Crippen molar-refractivity contribution in [1.82, 2.24) is 51.7 Å². The number of hydrogen-bond acceptors (Lipinski definition) is 20. The van der Waals surface area contributed by atoms with Gasteiger partial charge in [-0.2, -0.15) is 0 Å². The molecule has 12 N–H and O–H groups in total. The number of rotatable bonds is 30. The summed E-state index contributed by atoms with van der Waals surface area (Å²) >= 11 is 0. The van der Waals surface area contributed by atoms with E-state index in [0.29, 0.717) is 66.6 Å². The van der Waals surface area contributed by atoms with Crippen molar-refractivity contribution in [3.05, 3.63) is 110 Å². The SMILES string of the molecule is CC[C@@]1(O)C(=O)OCc2c1cc1n(c2=O)Cc2c-1nc1cc(F)c(C)c3c1c2C(CCOCNC(=O)CNC(=O)[C@H](Cc1ccccc1)NC(=O)CNC(=O)CNC(=O)[C@H](CCC(=O)NC[C@@H]1O[C@H](CO)[C@@H](O)[C@H](O)[C@H]1O)NC(=O)CCCCCN1C(=O)C=CC1=O)CC3. The number of amides is 9. The topological polar surface area (TPSA) is 422 Å². The van der Waals surface area contributed by atoms with Crippen molar-refractivity contribution in [2.75, 3.05) is 52.7 Å². The van der Waals surface area contributed by atoms with Crippen molar-refractivity contribution in [2.45, 2.75) is 152 Å². The molecule has 4 aromatic rings. The van der Waals surface area contributed by atoms with Crippen LogP contribution in [0.25, 0.3) is 22.3 Å². The molecule has 94 heavy (non-hydrogen) atoms. The second-order valence-corrected chi connectivity index (χ2v) is 23.8. The number of aryl methyl sites for hydroxylation is 1. The van der Waals surface area contributed by atoms with E-state index < -0.39 is 151 Å². The molecule has 9 amide bonds. The molecule has 30 heteroatoms. The minimum Gasteiger partial charge on any atom is -0.458 e. The molecule has 0 bridgehead atoms. The molecule has 6 heterocycles. The van der Waals surface area contributed by atoms with E-state index in [1.807, 2.05) is 0 Å². The first-order valence-electron chi connectivity index (χ1n) is 31.2. The van der Waals surface area contributed by atoms with Crippen LogP contribution in [0, 0.1) is 12.7 Å². The minimum absolute atomic E-state index is 0.0272. The van der Waals surface area contributed by atoms with Crippen LogP contribution in [0.2, 0.25) is 0 Å². The predicted molar refractivity (Wildman–Crippen MR) is 327 cm³/mol. The number of carbonyl (C=O) groups excluding carboxylic acids is 10. The van der Waals surface area contributed by atoms with Crippen LogP contribution in [0.15, 0.2) is 59.4 Å². The van der Waals surface area contributed by atoms with Gasteiger partial charge in [-0.25, -0.2) is 14.2 Å². The van der Waals surface area contributed by atoms with Gasteiger partial charge >= 0.3 is 5.97 Å². The number of benzene rings is 2. The van der Waals surface area contributed by atoms with Crippen LogP contribution >= 0.6 is 0 Å². The number of pyridine rings is 2. The standard InChI is InChI=1S/C64H77FN10O19/c1-3-64(91)39-23-44-56-37(29-75(44)62(89)38(39)31-93-63(64)90)54-35(13-14-36-33(2)40(65)24-42(73-56)55(36)54)19-21-92-32-70-50(80)27-69-61(88)43(22-34-10-6-4-7-11-34)72-51(81)28-67-49(79)26-68-60(87)41(71-48(78)12-8-5-9-20-74-52(82)17-18-53(74)83)15-16-47(77)66-25-45-57(84)59(86)58(85)46(30-76)94-45/h4,6-7,10-11,17-18,23-24,35,41,43,45-46,57-59,76,84-86,91H,3,5,8-9,12-16,19-22,25-32H2,1-2H3,(H,66,77)(H,67,79)(H,68,87)(H,69,88)(H,70,80)(H,71,78)(H,72,81)/t35?,41-,43-,45-,46+,57-,58+,59+,64-/m0/s1. The maximum absolute atomic E-state index is 15.5. The molecule has 4 aliphatic heterocycles. The lowest BCUT2D eigenvalue weighted by Crippen LogP contribution is -2.60. The second-order valence-electron chi connectivity index (χ2n) is 23.8. The van der Waals surface area contributed by atoms with Crippen LogP contribution < -0.4 is 42.8 Å². The number of cyclic esters (lactones) is 1. The number of ether oxygens (including phenoxy) is 3. The molecule has 0 spiro atoms. The van der Waals surface area contributed by atoms with Crippen molar-refractivity contribution in [3.8, 4) is 11.4 Å². The summed E-state index contributed by atoms with van der Waals surface area (Å²) in [6.45, 7) is 0.256. The maximum atomic E-state index is 15.5. The smallest absolute Gasteiger partial charge is 0.343 e. The van der Waals surface area contributed by atoms with Gasteiger partial charge in [0.1, 0.15) is 61.8 Å². The van der Waals surface area contributed by atoms with Crippen molar-refractivity contribution in [2.24, 2.45) is 0 Å². The van der Waals surface area contributed by atoms with E-state index in [9.17, 15) is 78.3 Å². The van der Waals surface area contributed by atoms with Crippen molar-refractivity contribution >= 4 is 70.0 Å². The Balaban J connectivity index is 0.744. The highest BCUT2D eigenvalue weighted by molar-refractivity contribution is 6.12. The second kappa shape index (κ2) is 30.9. The first kappa shape index (κ1) is 69.4. The van der Waals surface area contributed by atoms with Crippen LogP contribution in [0.3, 0.4) is 0 Å². The highest BCUT2D eigenvalue weighted by Gasteiger charge is 2.47. The van der Waals surface area contributed by atoms with E-state index in [1.54, 1.807) is 50.2 Å². The molecule has 1 unspecified atom stereocenters. The molecule has 29 nitrogen and oxygen atoms in total. The summed E-state index contributed by atoms with van der Waals surface area (Å²) in [4.78, 5) is 149. The third kappa shape index (κ3) is 15.8. The molecular formula is C64H77FN10O19. The van der Waals surface area contributed by atoms with Crippen LogP contribution in [0.1, 0.15) is 110 Å². The third-order valence-corrected chi connectivity index (χ3v) is 17.7. The van der Waals surface area contributed by atoms with E-state index in [4.69, 9.17) is 19.2 Å². The molecule has 1 saturated heterocycles. The number of halogens is 1. The van der Waals surface area contributed by atoms with E-state index in [2.05, 4.69) is 37.2 Å². The van der Waals surface area contributed by atoms with Gasteiger partial charge in [0.15, 0.2) is 5.60 Å². The van der Waals surface area contributed by atoms with Gasteiger partial charge in [-0.05, 0) is 86.1 Å². The molecule has 504 valence electrons. The molecular weight excluding hydrogens is 1230 g/mol. The summed E-state index contributed by atoms with van der Waals surface area (Å²) in [6.07, 6.45) is -3.21. The zero-order chi connectivity index (χ0) is 67.5. The number of aliphatic hydroxyl groups excluding tert-OH is 4. The summed E-state index contributed by atoms with van der Waals surface area (Å²) in [5, 5.41) is 69.8. The van der Waals surface area contributed by atoms with Crippen molar-refractivity contribution < 1.29 is 92.1 Å². The van der Waals surface area contributed by atoms with Gasteiger partial charge in [-0.1, -0.05) is 43.7 Å². The number of aromatic nitrogens is 2. The molecule has 1 aliphatic carbocycles. The number of nitrogens with one attached hydrogen (secondary N) is 7. The Morgan fingerprint density at radius 2 is 1.46 bits per heavy atom. The molecule has 9 rings (SSSR count). The Morgan fingerprint density at radius 1 is 0.777 bits per heavy atom. The average molecular weight is 1310 g/mol. The zero-order valence-electron chi connectivity index (χ0n) is 51.8. The Morgan fingerprint density at radius 3 is 2.17 bits per heavy atom. The van der Waals surface area contributed by atoms with Gasteiger partial charge in [0.05, 0.1) is 55.3 Å². The van der Waals surface area contributed by atoms with E-state index in [0.717, 1.165) is 39.1 Å². The lowest BCUT2D eigenvalue weighted by molar-refractivity contribution is -0.227. The van der Waals surface area contributed by atoms with Gasteiger partial charge < -0.3 is 81.5 Å². The lowest BCUT2D eigenvalue weighted by Gasteiger charge is -2.40. The van der Waals surface area contributed by atoms with E-state index >= 15 is 4.39 Å². The molecule has 2 aromatic heterocycles. The molecule has 1 fully saturated rings. The Labute approximate surface area is 537 Å². The van der Waals surface area contributed by atoms with Gasteiger partial charge in [0.2, 0.25) is 41.4 Å². The zero-order valence-corrected chi connectivity index (χ0v) is 51.8. The quantitative estimate of drug-likeness (QED) is 0.0101. The number of imide groups is 1. The summed E-state index contributed by atoms with van der Waals surface area (Å²) in [7, 11) is 0. The normalized spacial score (nSPS) is 21.5.